The minimum atomic E-state index is -4.64. The van der Waals surface area contributed by atoms with Gasteiger partial charge in [-0.3, -0.25) is 0 Å². The third kappa shape index (κ3) is 5.94. The number of likely N-dealkylation sites (tertiary alicyclic amines) is 1. The zero-order valence-electron chi connectivity index (χ0n) is 23.3. The fourth-order valence-corrected chi connectivity index (χ4v) is 8.37. The molecule has 8 nitrogen and oxygen atoms in total. The van der Waals surface area contributed by atoms with Gasteiger partial charge in [-0.2, -0.15) is 18.2 Å². The summed E-state index contributed by atoms with van der Waals surface area (Å²) in [5.41, 5.74) is -0.579. The van der Waals surface area contributed by atoms with E-state index in [-0.39, 0.29) is 33.9 Å². The van der Waals surface area contributed by atoms with Crippen LogP contribution in [0.1, 0.15) is 63.0 Å². The number of halogens is 3. The van der Waals surface area contributed by atoms with Crippen molar-refractivity contribution in [3.8, 4) is 0 Å². The third-order valence-electron chi connectivity index (χ3n) is 9.02. The van der Waals surface area contributed by atoms with Crippen LogP contribution in [-0.4, -0.2) is 72.5 Å². The Hall–Kier alpha value is -2.44. The summed E-state index contributed by atoms with van der Waals surface area (Å²) in [4.78, 5) is 12.3. The summed E-state index contributed by atoms with van der Waals surface area (Å²) in [6, 6.07) is 4.78. The van der Waals surface area contributed by atoms with E-state index in [1.165, 1.54) is 0 Å². The van der Waals surface area contributed by atoms with E-state index in [1.807, 2.05) is 0 Å². The predicted molar refractivity (Wildman–Crippen MR) is 148 cm³/mol. The average Bonchev–Trinajstić information content (AvgIpc) is 3.04. The van der Waals surface area contributed by atoms with Gasteiger partial charge in [-0.15, -0.1) is 0 Å². The molecule has 0 radical (unpaired) electrons. The summed E-state index contributed by atoms with van der Waals surface area (Å²) in [6.45, 7) is 6.01. The van der Waals surface area contributed by atoms with Crippen LogP contribution in [0.15, 0.2) is 29.3 Å². The van der Waals surface area contributed by atoms with Gasteiger partial charge in [0.25, 0.3) is 0 Å². The van der Waals surface area contributed by atoms with Gasteiger partial charge >= 0.3 is 6.18 Å². The van der Waals surface area contributed by atoms with Gasteiger partial charge in [0, 0.05) is 25.0 Å². The van der Waals surface area contributed by atoms with E-state index in [9.17, 15) is 26.7 Å². The van der Waals surface area contributed by atoms with Crippen LogP contribution < -0.4 is 10.2 Å². The number of hydrogen-bond donors (Lipinski definition) is 2. The molecule has 0 bridgehead atoms. The Morgan fingerprint density at radius 2 is 1.77 bits per heavy atom. The summed E-state index contributed by atoms with van der Waals surface area (Å²) in [6.07, 6.45) is 0.935. The van der Waals surface area contributed by atoms with Crippen molar-refractivity contribution in [3.63, 3.8) is 0 Å². The number of aromatic nitrogens is 2. The van der Waals surface area contributed by atoms with Crippen molar-refractivity contribution in [2.45, 2.75) is 80.7 Å². The molecule has 3 heterocycles. The molecule has 1 atom stereocenters. The lowest BCUT2D eigenvalue weighted by Gasteiger charge is -2.51. The van der Waals surface area contributed by atoms with Gasteiger partial charge in [-0.25, -0.2) is 13.4 Å². The predicted octanol–water partition coefficient (Wildman–Crippen LogP) is 4.94. The van der Waals surface area contributed by atoms with Crippen LogP contribution in [0.3, 0.4) is 0 Å². The third-order valence-corrected chi connectivity index (χ3v) is 11.1. The number of alkyl halides is 3. The number of sulfone groups is 1. The van der Waals surface area contributed by atoms with Crippen molar-refractivity contribution in [3.05, 3.63) is 35.5 Å². The second-order valence-electron chi connectivity index (χ2n) is 12.2. The Labute approximate surface area is 233 Å². The van der Waals surface area contributed by atoms with E-state index in [1.54, 1.807) is 36.9 Å². The minimum absolute atomic E-state index is 0.0130. The Morgan fingerprint density at radius 1 is 1.07 bits per heavy atom. The summed E-state index contributed by atoms with van der Waals surface area (Å²) < 4.78 is 68.2. The van der Waals surface area contributed by atoms with Crippen LogP contribution in [0.2, 0.25) is 0 Å². The van der Waals surface area contributed by atoms with Gasteiger partial charge in [-0.1, -0.05) is 0 Å². The zero-order valence-corrected chi connectivity index (χ0v) is 24.1. The first kappa shape index (κ1) is 29.1. The highest BCUT2D eigenvalue weighted by atomic mass is 32.2. The number of rotatable bonds is 5. The van der Waals surface area contributed by atoms with Crippen LogP contribution in [-0.2, 0) is 16.0 Å². The highest BCUT2D eigenvalue weighted by Crippen LogP contribution is 2.52. The van der Waals surface area contributed by atoms with E-state index < -0.39 is 27.2 Å². The molecule has 1 aromatic carbocycles. The molecular formula is C28H38F3N5O3S. The fraction of sp³-hybridized carbons (Fsp3) is 0.643. The van der Waals surface area contributed by atoms with E-state index in [0.717, 1.165) is 32.1 Å². The molecule has 40 heavy (non-hydrogen) atoms. The summed E-state index contributed by atoms with van der Waals surface area (Å²) >= 11 is 0. The molecule has 3 aliphatic rings. The molecule has 1 aromatic heterocycles. The first-order chi connectivity index (χ1) is 18.7. The Morgan fingerprint density at radius 3 is 2.42 bits per heavy atom. The molecule has 12 heteroatoms. The van der Waals surface area contributed by atoms with E-state index in [2.05, 4.69) is 27.2 Å². The molecule has 1 saturated carbocycles. The molecule has 3 fully saturated rings. The molecular weight excluding hydrogens is 543 g/mol. The molecule has 1 spiro atoms. The zero-order chi connectivity index (χ0) is 28.9. The first-order valence-corrected chi connectivity index (χ1v) is 15.4. The smallest absolute Gasteiger partial charge is 0.390 e. The highest BCUT2D eigenvalue weighted by Gasteiger charge is 2.50. The van der Waals surface area contributed by atoms with Crippen molar-refractivity contribution >= 4 is 27.3 Å². The number of aryl methyl sites for hydroxylation is 1. The molecule has 0 amide bonds. The second-order valence-corrected chi connectivity index (χ2v) is 14.5. The average molecular weight is 582 g/mol. The second kappa shape index (κ2) is 10.4. The number of benzene rings is 1. The molecule has 2 aromatic rings. The Balaban J connectivity index is 1.34. The lowest BCUT2D eigenvalue weighted by Crippen LogP contribution is -2.50. The van der Waals surface area contributed by atoms with E-state index in [4.69, 9.17) is 0 Å². The van der Waals surface area contributed by atoms with Crippen molar-refractivity contribution in [1.82, 2.24) is 14.9 Å². The van der Waals surface area contributed by atoms with Crippen molar-refractivity contribution < 1.29 is 26.7 Å². The topological polar surface area (TPSA) is 98.7 Å². The van der Waals surface area contributed by atoms with Crippen LogP contribution in [0.4, 0.5) is 30.6 Å². The number of hydrogen-bond acceptors (Lipinski definition) is 8. The normalized spacial score (nSPS) is 24.5. The number of nitrogens with zero attached hydrogens (tertiary/aromatic N) is 4. The van der Waals surface area contributed by atoms with E-state index >= 15 is 0 Å². The Kier molecular flexibility index (Phi) is 7.58. The van der Waals surface area contributed by atoms with Gasteiger partial charge in [-0.05, 0) is 108 Å². The van der Waals surface area contributed by atoms with Crippen LogP contribution in [0.5, 0.6) is 0 Å². The van der Waals surface area contributed by atoms with Gasteiger partial charge < -0.3 is 20.2 Å². The molecule has 5 rings (SSSR count). The fourth-order valence-electron chi connectivity index (χ4n) is 6.24. The molecule has 2 saturated heterocycles. The van der Waals surface area contributed by atoms with Gasteiger partial charge in [0.15, 0.2) is 9.84 Å². The van der Waals surface area contributed by atoms with Gasteiger partial charge in [0.05, 0.1) is 15.7 Å². The largest absolute Gasteiger partial charge is 0.421 e. The first-order valence-electron chi connectivity index (χ1n) is 13.9. The minimum Gasteiger partial charge on any atom is -0.390 e. The van der Waals surface area contributed by atoms with Gasteiger partial charge in [0.2, 0.25) is 5.95 Å². The van der Waals surface area contributed by atoms with Crippen molar-refractivity contribution in [1.29, 1.82) is 0 Å². The standard InChI is InChI=1S/C28H38F3N5O3S/c1-19-15-20(40(38,39)21-16-27(17-21)9-12-35(3)13-10-27)5-6-23(19)33-25-32-18-22(28(29,30)31)24(34-25)36-11-4-7-26(2,37)8-14-36/h5-6,15,18,21,37H,4,7-14,16-17H2,1-3H3,(H,32,33,34). The van der Waals surface area contributed by atoms with Crippen LogP contribution in [0, 0.1) is 12.3 Å². The van der Waals surface area contributed by atoms with Crippen LogP contribution in [0.25, 0.3) is 0 Å². The summed E-state index contributed by atoms with van der Waals surface area (Å²) in [5, 5.41) is 13.0. The SMILES string of the molecule is Cc1cc(S(=O)(=O)C2CC3(CCN(C)CC3)C2)ccc1Nc1ncc(C(F)(F)F)c(N2CCCC(C)(O)CC2)n1. The lowest BCUT2D eigenvalue weighted by molar-refractivity contribution is -0.137. The van der Waals surface area contributed by atoms with Gasteiger partial charge in [0.1, 0.15) is 11.4 Å². The van der Waals surface area contributed by atoms with Crippen LogP contribution >= 0.6 is 0 Å². The monoisotopic (exact) mass is 581 g/mol. The highest BCUT2D eigenvalue weighted by molar-refractivity contribution is 7.92. The molecule has 1 unspecified atom stereocenters. The Bertz CT molecular complexity index is 1350. The maximum absolute atomic E-state index is 13.8. The maximum atomic E-state index is 13.8. The van der Waals surface area contributed by atoms with Crippen molar-refractivity contribution in [2.75, 3.05) is 43.4 Å². The number of anilines is 3. The summed E-state index contributed by atoms with van der Waals surface area (Å²) in [7, 11) is -1.39. The number of aliphatic hydroxyl groups is 1. The maximum Gasteiger partial charge on any atom is 0.421 e. The van der Waals surface area contributed by atoms with E-state index in [0.29, 0.717) is 49.9 Å². The molecule has 1 aliphatic carbocycles. The molecule has 220 valence electrons. The van der Waals surface area contributed by atoms with Crippen molar-refractivity contribution in [2.24, 2.45) is 5.41 Å². The molecule has 2 N–H and O–H groups in total. The lowest BCUT2D eigenvalue weighted by atomic mass is 9.63. The quantitative estimate of drug-likeness (QED) is 0.513. The summed E-state index contributed by atoms with van der Waals surface area (Å²) in [5.74, 6) is -0.242. The number of piperidine rings is 1. The number of nitrogens with one attached hydrogen (secondary N) is 1. The molecule has 2 aliphatic heterocycles.